The molecule has 1 aromatic carbocycles. The summed E-state index contributed by atoms with van der Waals surface area (Å²) in [5, 5.41) is 1.53. The molecule has 0 atom stereocenters. The van der Waals surface area contributed by atoms with E-state index in [1.54, 1.807) is 0 Å². The third-order valence-electron chi connectivity index (χ3n) is 2.88. The van der Waals surface area contributed by atoms with Crippen LogP contribution in [-0.2, 0) is 0 Å². The highest BCUT2D eigenvalue weighted by molar-refractivity contribution is 7.64. The van der Waals surface area contributed by atoms with Gasteiger partial charge < -0.3 is 0 Å². The summed E-state index contributed by atoms with van der Waals surface area (Å²) in [5.74, 6) is 0. The van der Waals surface area contributed by atoms with Crippen molar-refractivity contribution in [3.63, 3.8) is 0 Å². The van der Waals surface area contributed by atoms with Crippen molar-refractivity contribution in [2.75, 3.05) is 13.3 Å². The standard InChI is InChI=1S/C14H17P/c1-11-7-6-9-12(11)13-8-4-5-10-14(13)15(2)3/h4-8,10H,9H2,1-3H3. The van der Waals surface area contributed by atoms with Gasteiger partial charge in [-0.15, -0.1) is 0 Å². The fourth-order valence-corrected chi connectivity index (χ4v) is 3.13. The van der Waals surface area contributed by atoms with E-state index in [1.807, 2.05) is 0 Å². The minimum Gasteiger partial charge on any atom is -0.0810 e. The molecule has 2 rings (SSSR count). The van der Waals surface area contributed by atoms with Crippen molar-refractivity contribution < 1.29 is 0 Å². The molecule has 0 N–H and O–H groups in total. The molecular weight excluding hydrogens is 199 g/mol. The molecule has 0 aromatic heterocycles. The number of hydrogen-bond donors (Lipinski definition) is 0. The Balaban J connectivity index is 2.49. The molecule has 15 heavy (non-hydrogen) atoms. The Morgan fingerprint density at radius 1 is 1.13 bits per heavy atom. The molecule has 0 saturated heterocycles. The fourth-order valence-electron chi connectivity index (χ4n) is 2.06. The summed E-state index contributed by atoms with van der Waals surface area (Å²) < 4.78 is 0. The average molecular weight is 216 g/mol. The SMILES string of the molecule is CC1=C(c2ccccc2P(C)C)CC=C1. The molecule has 1 aliphatic carbocycles. The van der Waals surface area contributed by atoms with Crippen LogP contribution in [0.5, 0.6) is 0 Å². The predicted octanol–water partition coefficient (Wildman–Crippen LogP) is 3.79. The highest BCUT2D eigenvalue weighted by Gasteiger charge is 2.12. The third-order valence-corrected chi connectivity index (χ3v) is 4.23. The second-order valence-electron chi connectivity index (χ2n) is 4.18. The highest BCUT2D eigenvalue weighted by atomic mass is 31.1. The predicted molar refractivity (Wildman–Crippen MR) is 71.2 cm³/mol. The van der Waals surface area contributed by atoms with Gasteiger partial charge in [-0.1, -0.05) is 44.3 Å². The lowest BCUT2D eigenvalue weighted by atomic mass is 10.0. The second-order valence-corrected chi connectivity index (χ2v) is 6.45. The van der Waals surface area contributed by atoms with Crippen LogP contribution in [0.3, 0.4) is 0 Å². The molecule has 1 heteroatoms. The van der Waals surface area contributed by atoms with E-state index < -0.39 is 0 Å². The van der Waals surface area contributed by atoms with Gasteiger partial charge in [0.2, 0.25) is 0 Å². The summed E-state index contributed by atoms with van der Waals surface area (Å²) in [6.45, 7) is 6.86. The Labute approximate surface area is 93.5 Å². The van der Waals surface area contributed by atoms with Crippen molar-refractivity contribution >= 4 is 18.8 Å². The third kappa shape index (κ3) is 2.06. The van der Waals surface area contributed by atoms with E-state index in [-0.39, 0.29) is 7.92 Å². The molecular formula is C14H17P. The topological polar surface area (TPSA) is 0 Å². The van der Waals surface area contributed by atoms with E-state index in [4.69, 9.17) is 0 Å². The quantitative estimate of drug-likeness (QED) is 0.660. The summed E-state index contributed by atoms with van der Waals surface area (Å²) in [6, 6.07) is 8.85. The average Bonchev–Trinajstić information content (AvgIpc) is 2.64. The van der Waals surface area contributed by atoms with Gasteiger partial charge in [0.05, 0.1) is 0 Å². The largest absolute Gasteiger partial charge is 0.0810 e. The van der Waals surface area contributed by atoms with Crippen molar-refractivity contribution in [3.05, 3.63) is 47.6 Å². The molecule has 0 amide bonds. The molecule has 78 valence electrons. The molecule has 0 spiro atoms. The number of allylic oxidation sites excluding steroid dienone is 4. The van der Waals surface area contributed by atoms with Gasteiger partial charge >= 0.3 is 0 Å². The highest BCUT2D eigenvalue weighted by Crippen LogP contribution is 2.33. The Kier molecular flexibility index (Phi) is 3.07. The van der Waals surface area contributed by atoms with E-state index in [2.05, 4.69) is 56.7 Å². The van der Waals surface area contributed by atoms with Gasteiger partial charge in [-0.25, -0.2) is 0 Å². The summed E-state index contributed by atoms with van der Waals surface area (Å²) in [5.41, 5.74) is 4.41. The van der Waals surface area contributed by atoms with Gasteiger partial charge in [0.1, 0.15) is 0 Å². The summed E-state index contributed by atoms with van der Waals surface area (Å²) in [7, 11) is -0.0135. The van der Waals surface area contributed by atoms with E-state index in [1.165, 1.54) is 22.0 Å². The van der Waals surface area contributed by atoms with Crippen molar-refractivity contribution in [2.45, 2.75) is 13.3 Å². The van der Waals surface area contributed by atoms with Crippen LogP contribution in [-0.4, -0.2) is 13.3 Å². The Morgan fingerprint density at radius 2 is 1.87 bits per heavy atom. The van der Waals surface area contributed by atoms with E-state index in [0.717, 1.165) is 6.42 Å². The van der Waals surface area contributed by atoms with Crippen LogP contribution in [0, 0.1) is 0 Å². The number of hydrogen-bond acceptors (Lipinski definition) is 0. The van der Waals surface area contributed by atoms with Gasteiger partial charge in [-0.3, -0.25) is 0 Å². The van der Waals surface area contributed by atoms with Crippen LogP contribution in [0.15, 0.2) is 42.0 Å². The molecule has 0 bridgehead atoms. The Morgan fingerprint density at radius 3 is 2.47 bits per heavy atom. The van der Waals surface area contributed by atoms with Crippen LogP contribution in [0.25, 0.3) is 5.57 Å². The number of benzene rings is 1. The molecule has 0 radical (unpaired) electrons. The van der Waals surface area contributed by atoms with Crippen molar-refractivity contribution in [3.8, 4) is 0 Å². The van der Waals surface area contributed by atoms with Gasteiger partial charge in [0, 0.05) is 0 Å². The lowest BCUT2D eigenvalue weighted by Gasteiger charge is -2.14. The van der Waals surface area contributed by atoms with Crippen LogP contribution in [0.1, 0.15) is 18.9 Å². The smallest absolute Gasteiger partial charge is 0.00854 e. The first-order chi connectivity index (χ1) is 7.20. The van der Waals surface area contributed by atoms with E-state index in [0.29, 0.717) is 0 Å². The normalized spacial score (nSPS) is 15.5. The summed E-state index contributed by atoms with van der Waals surface area (Å²) in [6.07, 6.45) is 5.60. The summed E-state index contributed by atoms with van der Waals surface area (Å²) >= 11 is 0. The van der Waals surface area contributed by atoms with Crippen molar-refractivity contribution in [2.24, 2.45) is 0 Å². The molecule has 1 aromatic rings. The first-order valence-corrected chi connectivity index (χ1v) is 7.57. The zero-order chi connectivity index (χ0) is 10.8. The Bertz CT molecular complexity index is 425. The fraction of sp³-hybridized carbons (Fsp3) is 0.286. The maximum Gasteiger partial charge on any atom is -0.00854 e. The maximum absolute atomic E-state index is 2.33. The molecule has 0 nitrogen and oxygen atoms in total. The molecule has 1 aliphatic rings. The molecule has 0 aliphatic heterocycles. The van der Waals surface area contributed by atoms with Gasteiger partial charge in [-0.05, 0) is 48.7 Å². The molecule has 0 unspecified atom stereocenters. The van der Waals surface area contributed by atoms with Gasteiger partial charge in [0.15, 0.2) is 0 Å². The van der Waals surface area contributed by atoms with Gasteiger partial charge in [-0.2, -0.15) is 0 Å². The molecule has 0 fully saturated rings. The zero-order valence-electron chi connectivity index (χ0n) is 9.62. The van der Waals surface area contributed by atoms with Crippen LogP contribution in [0.2, 0.25) is 0 Å². The van der Waals surface area contributed by atoms with Crippen molar-refractivity contribution in [1.82, 2.24) is 0 Å². The van der Waals surface area contributed by atoms with E-state index in [9.17, 15) is 0 Å². The first-order valence-electron chi connectivity index (χ1n) is 5.33. The number of rotatable bonds is 2. The van der Waals surface area contributed by atoms with Crippen LogP contribution < -0.4 is 5.30 Å². The first kappa shape index (κ1) is 10.6. The molecule has 0 saturated carbocycles. The lowest BCUT2D eigenvalue weighted by molar-refractivity contribution is 1.42. The molecule has 0 heterocycles. The second kappa shape index (κ2) is 4.33. The summed E-state index contributed by atoms with van der Waals surface area (Å²) in [4.78, 5) is 0. The van der Waals surface area contributed by atoms with Gasteiger partial charge in [0.25, 0.3) is 0 Å². The van der Waals surface area contributed by atoms with Crippen LogP contribution >= 0.6 is 7.92 Å². The minimum absolute atomic E-state index is 0.0135. The monoisotopic (exact) mass is 216 g/mol. The Hall–Kier alpha value is -0.870. The lowest BCUT2D eigenvalue weighted by Crippen LogP contribution is -2.06. The van der Waals surface area contributed by atoms with Crippen molar-refractivity contribution in [1.29, 1.82) is 0 Å². The minimum atomic E-state index is -0.0135. The maximum atomic E-state index is 2.33. The van der Waals surface area contributed by atoms with Crippen LogP contribution in [0.4, 0.5) is 0 Å². The van der Waals surface area contributed by atoms with E-state index >= 15 is 0 Å². The zero-order valence-corrected chi connectivity index (χ0v) is 10.5.